The summed E-state index contributed by atoms with van der Waals surface area (Å²) in [5, 5.41) is 0. The molecule has 0 aliphatic carbocycles. The van der Waals surface area contributed by atoms with Crippen molar-refractivity contribution in [1.82, 2.24) is 0 Å². The van der Waals surface area contributed by atoms with E-state index in [1.807, 2.05) is 20.8 Å². The van der Waals surface area contributed by atoms with Crippen molar-refractivity contribution in [2.75, 3.05) is 13.2 Å². The van der Waals surface area contributed by atoms with Crippen molar-refractivity contribution in [3.8, 4) is 0 Å². The maximum atomic E-state index is 11.9. The average Bonchev–Trinajstić information content (AvgIpc) is 2.39. The molecule has 0 unspecified atom stereocenters. The van der Waals surface area contributed by atoms with Crippen LogP contribution in [0.1, 0.15) is 52.9 Å². The number of rotatable bonds is 10. The van der Waals surface area contributed by atoms with Gasteiger partial charge in [0.2, 0.25) is 0 Å². The number of ether oxygens (including phenoxy) is 2. The van der Waals surface area contributed by atoms with Crippen molar-refractivity contribution in [2.24, 2.45) is 5.92 Å². The molecule has 0 heterocycles. The van der Waals surface area contributed by atoms with E-state index in [2.05, 4.69) is 6.58 Å². The molecular formula is C15H26O4. The Bertz CT molecular complexity index is 275. The third-order valence-corrected chi connectivity index (χ3v) is 2.82. The summed E-state index contributed by atoms with van der Waals surface area (Å²) in [5.41, 5.74) is 0.544. The molecule has 0 N–H and O–H groups in total. The van der Waals surface area contributed by atoms with E-state index in [1.54, 1.807) is 0 Å². The first-order valence-corrected chi connectivity index (χ1v) is 7.09. The molecule has 0 aromatic rings. The van der Waals surface area contributed by atoms with Crippen molar-refractivity contribution < 1.29 is 19.1 Å². The topological polar surface area (TPSA) is 52.6 Å². The molecule has 0 aromatic carbocycles. The number of hydrogen-bond donors (Lipinski definition) is 0. The molecular weight excluding hydrogens is 244 g/mol. The Hall–Kier alpha value is -1.32. The molecule has 0 aliphatic rings. The van der Waals surface area contributed by atoms with Gasteiger partial charge >= 0.3 is 11.9 Å². The summed E-state index contributed by atoms with van der Waals surface area (Å²) in [6.07, 6.45) is 4.02. The van der Waals surface area contributed by atoms with E-state index in [0.717, 1.165) is 25.7 Å². The van der Waals surface area contributed by atoms with Gasteiger partial charge in [-0.2, -0.15) is 0 Å². The molecule has 110 valence electrons. The fraction of sp³-hybridized carbons (Fsp3) is 0.733. The highest BCUT2D eigenvalue weighted by atomic mass is 16.6. The van der Waals surface area contributed by atoms with Gasteiger partial charge in [0.05, 0.1) is 13.2 Å². The zero-order valence-corrected chi connectivity index (χ0v) is 12.4. The second-order valence-electron chi connectivity index (χ2n) is 4.49. The SMILES string of the molecule is C=C(CC)C(C(=O)OCCCC)C(=O)OCCCC. The standard InChI is InChI=1S/C15H26O4/c1-5-8-10-18-14(16)13(12(4)7-3)15(17)19-11-9-6-2/h13H,4-11H2,1-3H3. The smallest absolute Gasteiger partial charge is 0.324 e. The van der Waals surface area contributed by atoms with Crippen LogP contribution in [0, 0.1) is 5.92 Å². The van der Waals surface area contributed by atoms with Gasteiger partial charge < -0.3 is 9.47 Å². The van der Waals surface area contributed by atoms with Gasteiger partial charge in [-0.25, -0.2) is 0 Å². The Morgan fingerprint density at radius 1 is 0.947 bits per heavy atom. The first-order valence-electron chi connectivity index (χ1n) is 7.09. The van der Waals surface area contributed by atoms with Crippen LogP contribution < -0.4 is 0 Å². The average molecular weight is 270 g/mol. The Kier molecular flexibility index (Phi) is 9.85. The van der Waals surface area contributed by atoms with Gasteiger partial charge in [0.1, 0.15) is 0 Å². The molecule has 0 saturated heterocycles. The summed E-state index contributed by atoms with van der Waals surface area (Å²) >= 11 is 0. The summed E-state index contributed by atoms with van der Waals surface area (Å²) in [4.78, 5) is 23.8. The van der Waals surface area contributed by atoms with Gasteiger partial charge in [-0.15, -0.1) is 0 Å². The molecule has 0 fully saturated rings. The second-order valence-corrected chi connectivity index (χ2v) is 4.49. The summed E-state index contributed by atoms with van der Waals surface area (Å²) in [5.74, 6) is -2.05. The van der Waals surface area contributed by atoms with Crippen LogP contribution in [0.5, 0.6) is 0 Å². The highest BCUT2D eigenvalue weighted by Crippen LogP contribution is 2.17. The molecule has 4 heteroatoms. The summed E-state index contributed by atoms with van der Waals surface area (Å²) in [6, 6.07) is 0. The number of esters is 2. The number of hydrogen-bond acceptors (Lipinski definition) is 4. The third-order valence-electron chi connectivity index (χ3n) is 2.82. The quantitative estimate of drug-likeness (QED) is 0.265. The summed E-state index contributed by atoms with van der Waals surface area (Å²) in [7, 11) is 0. The highest BCUT2D eigenvalue weighted by Gasteiger charge is 2.31. The fourth-order valence-corrected chi connectivity index (χ4v) is 1.43. The van der Waals surface area contributed by atoms with Crippen molar-refractivity contribution in [2.45, 2.75) is 52.9 Å². The van der Waals surface area contributed by atoms with Gasteiger partial charge in [-0.3, -0.25) is 9.59 Å². The Labute approximate surface area is 116 Å². The minimum absolute atomic E-state index is 0.338. The largest absolute Gasteiger partial charge is 0.465 e. The first-order chi connectivity index (χ1) is 9.08. The normalized spacial score (nSPS) is 10.3. The van der Waals surface area contributed by atoms with E-state index in [1.165, 1.54) is 0 Å². The van der Waals surface area contributed by atoms with Crippen LogP contribution in [-0.4, -0.2) is 25.2 Å². The van der Waals surface area contributed by atoms with E-state index < -0.39 is 17.9 Å². The van der Waals surface area contributed by atoms with Crippen molar-refractivity contribution >= 4 is 11.9 Å². The Morgan fingerprint density at radius 3 is 1.68 bits per heavy atom. The van der Waals surface area contributed by atoms with E-state index in [0.29, 0.717) is 25.2 Å². The van der Waals surface area contributed by atoms with Gasteiger partial charge in [0.15, 0.2) is 5.92 Å². The summed E-state index contributed by atoms with van der Waals surface area (Å²) in [6.45, 7) is 10.3. The zero-order valence-electron chi connectivity index (χ0n) is 12.4. The lowest BCUT2D eigenvalue weighted by Crippen LogP contribution is -2.30. The van der Waals surface area contributed by atoms with Crippen molar-refractivity contribution in [3.05, 3.63) is 12.2 Å². The number of unbranched alkanes of at least 4 members (excludes halogenated alkanes) is 2. The van der Waals surface area contributed by atoms with Crippen LogP contribution in [0.15, 0.2) is 12.2 Å². The monoisotopic (exact) mass is 270 g/mol. The highest BCUT2D eigenvalue weighted by molar-refractivity contribution is 5.98. The fourth-order valence-electron chi connectivity index (χ4n) is 1.43. The second kappa shape index (κ2) is 10.6. The predicted octanol–water partition coefficient (Wildman–Crippen LogP) is 3.26. The van der Waals surface area contributed by atoms with Crippen molar-refractivity contribution in [3.63, 3.8) is 0 Å². The minimum Gasteiger partial charge on any atom is -0.465 e. The lowest BCUT2D eigenvalue weighted by molar-refractivity contribution is -0.160. The van der Waals surface area contributed by atoms with E-state index in [9.17, 15) is 9.59 Å². The van der Waals surface area contributed by atoms with E-state index in [-0.39, 0.29) is 0 Å². The van der Waals surface area contributed by atoms with Gasteiger partial charge in [-0.05, 0) is 19.3 Å². The van der Waals surface area contributed by atoms with Crippen LogP contribution in [0.4, 0.5) is 0 Å². The summed E-state index contributed by atoms with van der Waals surface area (Å²) < 4.78 is 10.2. The lowest BCUT2D eigenvalue weighted by Gasteiger charge is -2.16. The molecule has 0 rings (SSSR count). The molecule has 19 heavy (non-hydrogen) atoms. The predicted molar refractivity (Wildman–Crippen MR) is 74.7 cm³/mol. The molecule has 0 aliphatic heterocycles. The third kappa shape index (κ3) is 6.99. The van der Waals surface area contributed by atoms with Crippen LogP contribution in [0.25, 0.3) is 0 Å². The van der Waals surface area contributed by atoms with Gasteiger partial charge in [-0.1, -0.05) is 45.8 Å². The van der Waals surface area contributed by atoms with Crippen LogP contribution in [-0.2, 0) is 19.1 Å². The molecule has 0 atom stereocenters. The maximum Gasteiger partial charge on any atom is 0.324 e. The van der Waals surface area contributed by atoms with Gasteiger partial charge in [0.25, 0.3) is 0 Å². The van der Waals surface area contributed by atoms with Crippen molar-refractivity contribution in [1.29, 1.82) is 0 Å². The molecule has 0 amide bonds. The molecule has 0 bridgehead atoms. The molecule has 0 aromatic heterocycles. The molecule has 0 saturated carbocycles. The number of carbonyl (C=O) groups excluding carboxylic acids is 2. The molecule has 4 nitrogen and oxygen atoms in total. The maximum absolute atomic E-state index is 11.9. The Balaban J connectivity index is 4.48. The molecule has 0 radical (unpaired) electrons. The van der Waals surface area contributed by atoms with E-state index in [4.69, 9.17) is 9.47 Å². The lowest BCUT2D eigenvalue weighted by atomic mass is 9.99. The van der Waals surface area contributed by atoms with E-state index >= 15 is 0 Å². The number of carbonyl (C=O) groups is 2. The van der Waals surface area contributed by atoms with Crippen LogP contribution >= 0.6 is 0 Å². The van der Waals surface area contributed by atoms with Crippen LogP contribution in [0.3, 0.4) is 0 Å². The first kappa shape index (κ1) is 17.7. The Morgan fingerprint density at radius 2 is 1.37 bits per heavy atom. The van der Waals surface area contributed by atoms with Gasteiger partial charge in [0, 0.05) is 0 Å². The zero-order chi connectivity index (χ0) is 14.7. The van der Waals surface area contributed by atoms with Crippen LogP contribution in [0.2, 0.25) is 0 Å². The minimum atomic E-state index is -0.973. The molecule has 0 spiro atoms.